The largest absolute Gasteiger partial charge is 0.297 e. The quantitative estimate of drug-likeness (QED) is 0.755. The van der Waals surface area contributed by atoms with Gasteiger partial charge >= 0.3 is 0 Å². The van der Waals surface area contributed by atoms with Crippen LogP contribution in [0.15, 0.2) is 24.3 Å². The fraction of sp³-hybridized carbons (Fsp3) is 0.562. The van der Waals surface area contributed by atoms with E-state index in [0.717, 1.165) is 13.1 Å². The Labute approximate surface area is 110 Å². The van der Waals surface area contributed by atoms with Gasteiger partial charge in [-0.1, -0.05) is 24.3 Å². The van der Waals surface area contributed by atoms with E-state index >= 15 is 0 Å². The monoisotopic (exact) mass is 242 g/mol. The van der Waals surface area contributed by atoms with E-state index in [1.165, 1.54) is 11.1 Å². The lowest BCUT2D eigenvalue weighted by Gasteiger charge is -2.31. The molecule has 2 atom stereocenters. The first-order valence-corrected chi connectivity index (χ1v) is 6.63. The van der Waals surface area contributed by atoms with E-state index in [0.29, 0.717) is 5.92 Å². The molecule has 0 saturated carbocycles. The van der Waals surface area contributed by atoms with Crippen molar-refractivity contribution in [1.29, 1.82) is 5.26 Å². The highest BCUT2D eigenvalue weighted by Gasteiger charge is 2.38. The van der Waals surface area contributed by atoms with Crippen LogP contribution in [0.4, 0.5) is 0 Å². The van der Waals surface area contributed by atoms with Gasteiger partial charge in [0.2, 0.25) is 0 Å². The zero-order chi connectivity index (χ0) is 13.3. The maximum Gasteiger partial charge on any atom is 0.0676 e. The van der Waals surface area contributed by atoms with Gasteiger partial charge in [0.25, 0.3) is 0 Å². The summed E-state index contributed by atoms with van der Waals surface area (Å²) < 4.78 is 0. The van der Waals surface area contributed by atoms with Crippen molar-refractivity contribution in [2.75, 3.05) is 13.1 Å². The third-order valence-corrected chi connectivity index (χ3v) is 4.02. The Bertz CT molecular complexity index is 465. The molecular weight excluding hydrogens is 220 g/mol. The number of hydrogen-bond acceptors (Lipinski definition) is 2. The number of aryl methyl sites for hydroxylation is 1. The maximum absolute atomic E-state index is 9.40. The van der Waals surface area contributed by atoms with Crippen LogP contribution in [0.25, 0.3) is 0 Å². The Kier molecular flexibility index (Phi) is 3.45. The van der Waals surface area contributed by atoms with E-state index in [2.05, 4.69) is 62.9 Å². The summed E-state index contributed by atoms with van der Waals surface area (Å²) in [5.41, 5.74) is 2.79. The molecule has 1 saturated heterocycles. The molecule has 0 aliphatic carbocycles. The predicted molar refractivity (Wildman–Crippen MR) is 74.3 cm³/mol. The Morgan fingerprint density at radius 3 is 2.44 bits per heavy atom. The highest BCUT2D eigenvalue weighted by Crippen LogP contribution is 2.36. The van der Waals surface area contributed by atoms with Gasteiger partial charge in [-0.25, -0.2) is 0 Å². The minimum atomic E-state index is 0.116. The number of nitrogens with zero attached hydrogens (tertiary/aromatic N) is 2. The molecule has 1 fully saturated rings. The first-order valence-electron chi connectivity index (χ1n) is 6.63. The van der Waals surface area contributed by atoms with E-state index in [9.17, 15) is 5.26 Å². The average molecular weight is 242 g/mol. The summed E-state index contributed by atoms with van der Waals surface area (Å²) in [5, 5.41) is 9.40. The van der Waals surface area contributed by atoms with Gasteiger partial charge in [-0.2, -0.15) is 5.26 Å². The van der Waals surface area contributed by atoms with Gasteiger partial charge < -0.3 is 0 Å². The highest BCUT2D eigenvalue weighted by atomic mass is 15.2. The summed E-state index contributed by atoms with van der Waals surface area (Å²) in [6, 6.07) is 11.0. The zero-order valence-electron chi connectivity index (χ0n) is 11.8. The van der Waals surface area contributed by atoms with Gasteiger partial charge in [-0.15, -0.1) is 0 Å². The van der Waals surface area contributed by atoms with E-state index in [-0.39, 0.29) is 11.5 Å². The van der Waals surface area contributed by atoms with Crippen molar-refractivity contribution in [2.24, 2.45) is 5.92 Å². The van der Waals surface area contributed by atoms with Gasteiger partial charge in [0.1, 0.15) is 0 Å². The van der Waals surface area contributed by atoms with E-state index in [4.69, 9.17) is 0 Å². The minimum Gasteiger partial charge on any atom is -0.297 e. The summed E-state index contributed by atoms with van der Waals surface area (Å²) >= 11 is 0. The van der Waals surface area contributed by atoms with Crippen LogP contribution in [0, 0.1) is 24.2 Å². The number of likely N-dealkylation sites (tertiary alicyclic amines) is 1. The molecule has 0 amide bonds. The summed E-state index contributed by atoms with van der Waals surface area (Å²) in [4.78, 5) is 2.43. The van der Waals surface area contributed by atoms with E-state index in [1.807, 2.05) is 0 Å². The van der Waals surface area contributed by atoms with Crippen LogP contribution in [-0.2, 0) is 0 Å². The normalized spacial score (nSPS) is 25.1. The number of nitriles is 1. The number of hydrogen-bond donors (Lipinski definition) is 0. The van der Waals surface area contributed by atoms with Crippen LogP contribution in [-0.4, -0.2) is 23.5 Å². The summed E-state index contributed by atoms with van der Waals surface area (Å²) in [6.07, 6.45) is 0. The lowest BCUT2D eigenvalue weighted by atomic mass is 9.87. The summed E-state index contributed by atoms with van der Waals surface area (Å²) in [5.74, 6) is 0.473. The van der Waals surface area contributed by atoms with Crippen molar-refractivity contribution in [3.63, 3.8) is 0 Å². The fourth-order valence-corrected chi connectivity index (χ4v) is 2.80. The molecule has 2 heteroatoms. The SMILES string of the molecule is Cc1ccccc1[C@@H]1CN(C(C)(C)C)C[C@H]1C#N. The maximum atomic E-state index is 9.40. The van der Waals surface area contributed by atoms with Crippen LogP contribution >= 0.6 is 0 Å². The fourth-order valence-electron chi connectivity index (χ4n) is 2.80. The van der Waals surface area contributed by atoms with Crippen molar-refractivity contribution < 1.29 is 0 Å². The third-order valence-electron chi connectivity index (χ3n) is 4.02. The first-order chi connectivity index (χ1) is 8.43. The van der Waals surface area contributed by atoms with E-state index in [1.54, 1.807) is 0 Å². The second kappa shape index (κ2) is 4.74. The molecule has 1 aromatic carbocycles. The molecular formula is C16H22N2. The van der Waals surface area contributed by atoms with Gasteiger partial charge in [-0.05, 0) is 38.8 Å². The van der Waals surface area contributed by atoms with Crippen molar-refractivity contribution in [3.8, 4) is 6.07 Å². The molecule has 2 nitrogen and oxygen atoms in total. The predicted octanol–water partition coefficient (Wildman–Crippen LogP) is 3.33. The standard InChI is InChI=1S/C16H22N2/c1-12-7-5-6-8-14(12)15-11-18(16(2,3)4)10-13(15)9-17/h5-8,13,15H,10-11H2,1-4H3/t13-,15-/m1/s1. The molecule has 1 aliphatic heterocycles. The van der Waals surface area contributed by atoms with Crippen molar-refractivity contribution in [1.82, 2.24) is 4.90 Å². The van der Waals surface area contributed by atoms with Gasteiger partial charge in [0, 0.05) is 24.5 Å². The topological polar surface area (TPSA) is 27.0 Å². The smallest absolute Gasteiger partial charge is 0.0676 e. The van der Waals surface area contributed by atoms with Crippen molar-refractivity contribution >= 4 is 0 Å². The molecule has 2 rings (SSSR count). The number of benzene rings is 1. The zero-order valence-corrected chi connectivity index (χ0v) is 11.8. The molecule has 0 radical (unpaired) electrons. The summed E-state index contributed by atoms with van der Waals surface area (Å²) in [7, 11) is 0. The molecule has 18 heavy (non-hydrogen) atoms. The average Bonchev–Trinajstić information content (AvgIpc) is 2.73. The highest BCUT2D eigenvalue weighted by molar-refractivity contribution is 5.32. The van der Waals surface area contributed by atoms with Crippen molar-refractivity contribution in [2.45, 2.75) is 39.2 Å². The molecule has 0 bridgehead atoms. The Hall–Kier alpha value is -1.33. The van der Waals surface area contributed by atoms with Crippen LogP contribution < -0.4 is 0 Å². The molecule has 96 valence electrons. The second-order valence-corrected chi connectivity index (χ2v) is 6.27. The lowest BCUT2D eigenvalue weighted by Crippen LogP contribution is -2.39. The van der Waals surface area contributed by atoms with Gasteiger partial charge in [0.05, 0.1) is 12.0 Å². The van der Waals surface area contributed by atoms with Crippen LogP contribution in [0.5, 0.6) is 0 Å². The second-order valence-electron chi connectivity index (χ2n) is 6.27. The Balaban J connectivity index is 2.29. The van der Waals surface area contributed by atoms with Crippen LogP contribution in [0.1, 0.15) is 37.8 Å². The minimum absolute atomic E-state index is 0.116. The van der Waals surface area contributed by atoms with Crippen LogP contribution in [0.2, 0.25) is 0 Å². The summed E-state index contributed by atoms with van der Waals surface area (Å²) in [6.45, 7) is 10.7. The Morgan fingerprint density at radius 1 is 1.22 bits per heavy atom. The molecule has 1 heterocycles. The molecule has 1 aromatic rings. The Morgan fingerprint density at radius 2 is 1.89 bits per heavy atom. The van der Waals surface area contributed by atoms with Gasteiger partial charge in [-0.3, -0.25) is 4.90 Å². The van der Waals surface area contributed by atoms with Gasteiger partial charge in [0.15, 0.2) is 0 Å². The van der Waals surface area contributed by atoms with E-state index < -0.39 is 0 Å². The van der Waals surface area contributed by atoms with Crippen LogP contribution in [0.3, 0.4) is 0 Å². The molecule has 0 spiro atoms. The molecule has 0 unspecified atom stereocenters. The van der Waals surface area contributed by atoms with Crippen molar-refractivity contribution in [3.05, 3.63) is 35.4 Å². The third kappa shape index (κ3) is 2.42. The molecule has 0 N–H and O–H groups in total. The lowest BCUT2D eigenvalue weighted by molar-refractivity contribution is 0.170. The molecule has 1 aliphatic rings. The number of rotatable bonds is 1. The first kappa shape index (κ1) is 13.1. The molecule has 0 aromatic heterocycles.